The van der Waals surface area contributed by atoms with E-state index >= 15 is 0 Å². The van der Waals surface area contributed by atoms with Crippen molar-refractivity contribution in [3.8, 4) is 11.5 Å². The summed E-state index contributed by atoms with van der Waals surface area (Å²) in [6.45, 7) is 0.192. The lowest BCUT2D eigenvalue weighted by molar-refractivity contribution is -0.131. The van der Waals surface area contributed by atoms with Gasteiger partial charge in [-0.25, -0.2) is 0 Å². The van der Waals surface area contributed by atoms with Crippen molar-refractivity contribution in [3.05, 3.63) is 59.7 Å². The highest BCUT2D eigenvalue weighted by atomic mass is 16.5. The van der Waals surface area contributed by atoms with Gasteiger partial charge in [0.15, 0.2) is 5.78 Å². The molecule has 0 aliphatic carbocycles. The number of rotatable bonds is 10. The zero-order valence-corrected chi connectivity index (χ0v) is 16.6. The Labute approximate surface area is 165 Å². The van der Waals surface area contributed by atoms with Gasteiger partial charge in [0.05, 0.1) is 26.9 Å². The standard InChI is InChI=1S/C22H27NO5/c1-23(15-21(25)17-9-13-19(28-3)14-10-17)22(26)6-4-5-20(24)16-7-11-18(27-2)12-8-16/h7-14,21,25H,4-6,15H2,1-3H3. The maximum atomic E-state index is 12.3. The van der Waals surface area contributed by atoms with Gasteiger partial charge in [-0.2, -0.15) is 0 Å². The molecule has 0 saturated heterocycles. The van der Waals surface area contributed by atoms with E-state index in [9.17, 15) is 14.7 Å². The third-order valence-electron chi connectivity index (χ3n) is 4.58. The van der Waals surface area contributed by atoms with Crippen LogP contribution in [-0.2, 0) is 4.79 Å². The number of aliphatic hydroxyl groups excluding tert-OH is 1. The first kappa shape index (κ1) is 21.4. The second kappa shape index (κ2) is 10.5. The van der Waals surface area contributed by atoms with Gasteiger partial charge in [0.25, 0.3) is 0 Å². The van der Waals surface area contributed by atoms with E-state index in [4.69, 9.17) is 9.47 Å². The molecule has 0 heterocycles. The van der Waals surface area contributed by atoms with Crippen molar-refractivity contribution in [1.29, 1.82) is 0 Å². The molecule has 28 heavy (non-hydrogen) atoms. The highest BCUT2D eigenvalue weighted by molar-refractivity contribution is 5.96. The van der Waals surface area contributed by atoms with Crippen LogP contribution in [0.2, 0.25) is 0 Å². The van der Waals surface area contributed by atoms with Crippen molar-refractivity contribution >= 4 is 11.7 Å². The maximum absolute atomic E-state index is 12.3. The summed E-state index contributed by atoms with van der Waals surface area (Å²) in [6, 6.07) is 14.0. The molecule has 1 unspecified atom stereocenters. The first-order valence-electron chi connectivity index (χ1n) is 9.18. The number of hydrogen-bond acceptors (Lipinski definition) is 5. The van der Waals surface area contributed by atoms with E-state index in [1.54, 1.807) is 69.8 Å². The van der Waals surface area contributed by atoms with Crippen LogP contribution in [0.25, 0.3) is 0 Å². The van der Waals surface area contributed by atoms with Crippen molar-refractivity contribution in [2.24, 2.45) is 0 Å². The summed E-state index contributed by atoms with van der Waals surface area (Å²) in [5, 5.41) is 10.3. The van der Waals surface area contributed by atoms with Crippen molar-refractivity contribution in [1.82, 2.24) is 4.90 Å². The third kappa shape index (κ3) is 6.09. The van der Waals surface area contributed by atoms with Gasteiger partial charge in [0.1, 0.15) is 11.5 Å². The number of ether oxygens (including phenoxy) is 2. The van der Waals surface area contributed by atoms with Gasteiger partial charge in [0, 0.05) is 25.5 Å². The molecule has 6 heteroatoms. The Morgan fingerprint density at radius 2 is 1.46 bits per heavy atom. The van der Waals surface area contributed by atoms with Crippen LogP contribution in [0.5, 0.6) is 11.5 Å². The molecule has 6 nitrogen and oxygen atoms in total. The van der Waals surface area contributed by atoms with E-state index in [2.05, 4.69) is 0 Å². The molecule has 1 atom stereocenters. The summed E-state index contributed by atoms with van der Waals surface area (Å²) in [7, 11) is 4.81. The molecule has 0 bridgehead atoms. The number of likely N-dealkylation sites (N-methyl/N-ethyl adjacent to an activating group) is 1. The van der Waals surface area contributed by atoms with Crippen LogP contribution >= 0.6 is 0 Å². The van der Waals surface area contributed by atoms with Crippen molar-refractivity contribution in [3.63, 3.8) is 0 Å². The average Bonchev–Trinajstić information content (AvgIpc) is 2.73. The lowest BCUT2D eigenvalue weighted by Crippen LogP contribution is -2.31. The Morgan fingerprint density at radius 1 is 0.929 bits per heavy atom. The lowest BCUT2D eigenvalue weighted by Gasteiger charge is -2.21. The summed E-state index contributed by atoms with van der Waals surface area (Å²) in [6.07, 6.45) is 0.244. The van der Waals surface area contributed by atoms with Crippen LogP contribution in [0.15, 0.2) is 48.5 Å². The molecule has 0 radical (unpaired) electrons. The fraction of sp³-hybridized carbons (Fsp3) is 0.364. The molecular weight excluding hydrogens is 358 g/mol. The van der Waals surface area contributed by atoms with Crippen molar-refractivity contribution in [2.75, 3.05) is 27.8 Å². The number of carbonyl (C=O) groups is 2. The summed E-state index contributed by atoms with van der Waals surface area (Å²) in [4.78, 5) is 26.0. The van der Waals surface area contributed by atoms with E-state index in [0.29, 0.717) is 29.9 Å². The summed E-state index contributed by atoms with van der Waals surface area (Å²) in [5.74, 6) is 1.30. The quantitative estimate of drug-likeness (QED) is 0.636. The van der Waals surface area contributed by atoms with Gasteiger partial charge in [-0.05, 0) is 48.4 Å². The van der Waals surface area contributed by atoms with Gasteiger partial charge in [-0.1, -0.05) is 12.1 Å². The normalized spacial score (nSPS) is 11.6. The Hall–Kier alpha value is -2.86. The third-order valence-corrected chi connectivity index (χ3v) is 4.58. The maximum Gasteiger partial charge on any atom is 0.222 e. The van der Waals surface area contributed by atoms with Crippen molar-refractivity contribution < 1.29 is 24.2 Å². The second-order valence-electron chi connectivity index (χ2n) is 6.57. The SMILES string of the molecule is COc1ccc(C(=O)CCCC(=O)N(C)CC(O)c2ccc(OC)cc2)cc1. The monoisotopic (exact) mass is 385 g/mol. The molecule has 1 N–H and O–H groups in total. The van der Waals surface area contributed by atoms with Crippen molar-refractivity contribution in [2.45, 2.75) is 25.4 Å². The number of Topliss-reactive ketones (excluding diaryl/α,β-unsaturated/α-hetero) is 1. The summed E-state index contributed by atoms with van der Waals surface area (Å²) >= 11 is 0. The summed E-state index contributed by atoms with van der Waals surface area (Å²) < 4.78 is 10.2. The molecule has 0 aliphatic heterocycles. The molecule has 0 aliphatic rings. The van der Waals surface area contributed by atoms with Gasteiger partial charge in [-0.15, -0.1) is 0 Å². The van der Waals surface area contributed by atoms with Crippen LogP contribution < -0.4 is 9.47 Å². The fourth-order valence-corrected chi connectivity index (χ4v) is 2.80. The van der Waals surface area contributed by atoms with Crippen LogP contribution in [-0.4, -0.2) is 49.5 Å². The molecular formula is C22H27NO5. The lowest BCUT2D eigenvalue weighted by atomic mass is 10.0. The molecule has 0 spiro atoms. The predicted molar refractivity (Wildman–Crippen MR) is 107 cm³/mol. The summed E-state index contributed by atoms with van der Waals surface area (Å²) in [5.41, 5.74) is 1.33. The minimum Gasteiger partial charge on any atom is -0.497 e. The molecule has 0 fully saturated rings. The van der Waals surface area contributed by atoms with E-state index in [-0.39, 0.29) is 24.7 Å². The average molecular weight is 385 g/mol. The molecule has 150 valence electrons. The van der Waals surface area contributed by atoms with Gasteiger partial charge >= 0.3 is 0 Å². The zero-order valence-electron chi connectivity index (χ0n) is 16.6. The molecule has 2 rings (SSSR count). The molecule has 2 aromatic rings. The van der Waals surface area contributed by atoms with Crippen LogP contribution in [0.1, 0.15) is 41.3 Å². The number of ketones is 1. The Morgan fingerprint density at radius 3 is 2.00 bits per heavy atom. The molecule has 0 aromatic heterocycles. The van der Waals surface area contributed by atoms with Crippen LogP contribution in [0, 0.1) is 0 Å². The van der Waals surface area contributed by atoms with E-state index in [1.807, 2.05) is 0 Å². The number of nitrogens with zero attached hydrogens (tertiary/aromatic N) is 1. The largest absolute Gasteiger partial charge is 0.497 e. The van der Waals surface area contributed by atoms with Gasteiger partial charge in [-0.3, -0.25) is 9.59 Å². The van der Waals surface area contributed by atoms with E-state index in [0.717, 1.165) is 5.56 Å². The number of benzene rings is 2. The van der Waals surface area contributed by atoms with Gasteiger partial charge < -0.3 is 19.5 Å². The Kier molecular flexibility index (Phi) is 8.02. The Balaban J connectivity index is 1.77. The number of hydrogen-bond donors (Lipinski definition) is 1. The molecule has 0 saturated carbocycles. The Bertz CT molecular complexity index is 771. The second-order valence-corrected chi connectivity index (χ2v) is 6.57. The smallest absolute Gasteiger partial charge is 0.222 e. The van der Waals surface area contributed by atoms with E-state index in [1.165, 1.54) is 4.90 Å². The van der Waals surface area contributed by atoms with Crippen LogP contribution in [0.3, 0.4) is 0 Å². The highest BCUT2D eigenvalue weighted by Crippen LogP contribution is 2.19. The minimum atomic E-state index is -0.777. The number of methoxy groups -OCH3 is 2. The zero-order chi connectivity index (χ0) is 20.5. The first-order chi connectivity index (χ1) is 13.4. The predicted octanol–water partition coefficient (Wildman–Crippen LogP) is 3.25. The molecule has 2 aromatic carbocycles. The number of carbonyl (C=O) groups excluding carboxylic acids is 2. The molecule has 1 amide bonds. The highest BCUT2D eigenvalue weighted by Gasteiger charge is 2.16. The number of amides is 1. The topological polar surface area (TPSA) is 76.1 Å². The number of aliphatic hydroxyl groups is 1. The van der Waals surface area contributed by atoms with E-state index < -0.39 is 6.10 Å². The van der Waals surface area contributed by atoms with Gasteiger partial charge in [0.2, 0.25) is 5.91 Å². The minimum absolute atomic E-state index is 0.00336. The fourth-order valence-electron chi connectivity index (χ4n) is 2.80. The first-order valence-corrected chi connectivity index (χ1v) is 9.18. The van der Waals surface area contributed by atoms with Crippen LogP contribution in [0.4, 0.5) is 0 Å².